The number of ether oxygens (including phenoxy) is 1. The first-order chi connectivity index (χ1) is 13.4. The van der Waals surface area contributed by atoms with Crippen LogP contribution in [0.1, 0.15) is 50.6 Å². The second-order valence-corrected chi connectivity index (χ2v) is 8.84. The van der Waals surface area contributed by atoms with E-state index in [1.54, 1.807) is 17.1 Å². The van der Waals surface area contributed by atoms with Crippen molar-refractivity contribution in [1.29, 1.82) is 0 Å². The standard InChI is InChI=1S/C21H29N5O2/c1-21(2,3)18-4-5-19(27)26(24-18)12-15-6-9-25(10-7-15)20-16-13-28-11-8-17(16)22-14-23-20/h4-5,14-15H,6-13H2,1-3H3. The highest BCUT2D eigenvalue weighted by Gasteiger charge is 2.26. The lowest BCUT2D eigenvalue weighted by atomic mass is 9.92. The third-order valence-corrected chi connectivity index (χ3v) is 5.72. The first kappa shape index (κ1) is 19.1. The van der Waals surface area contributed by atoms with Gasteiger partial charge >= 0.3 is 0 Å². The van der Waals surface area contributed by atoms with Gasteiger partial charge in [-0.3, -0.25) is 4.79 Å². The minimum absolute atomic E-state index is 0.0163. The lowest BCUT2D eigenvalue weighted by molar-refractivity contribution is 0.109. The highest BCUT2D eigenvalue weighted by molar-refractivity contribution is 5.49. The van der Waals surface area contributed by atoms with Gasteiger partial charge in [-0.15, -0.1) is 0 Å². The van der Waals surface area contributed by atoms with Crippen LogP contribution in [0.25, 0.3) is 0 Å². The van der Waals surface area contributed by atoms with Crippen molar-refractivity contribution in [3.05, 3.63) is 45.8 Å². The number of rotatable bonds is 3. The molecular formula is C21H29N5O2. The van der Waals surface area contributed by atoms with Crippen LogP contribution in [0.3, 0.4) is 0 Å². The summed E-state index contributed by atoms with van der Waals surface area (Å²) in [6.45, 7) is 10.2. The van der Waals surface area contributed by atoms with Crippen LogP contribution >= 0.6 is 0 Å². The Hall–Kier alpha value is -2.28. The molecule has 4 rings (SSSR count). The third-order valence-electron chi connectivity index (χ3n) is 5.72. The minimum atomic E-state index is -0.0625. The van der Waals surface area contributed by atoms with Crippen LogP contribution in [0.15, 0.2) is 23.3 Å². The van der Waals surface area contributed by atoms with Crippen LogP contribution < -0.4 is 10.5 Å². The molecule has 2 aromatic heterocycles. The second-order valence-electron chi connectivity index (χ2n) is 8.84. The minimum Gasteiger partial charge on any atom is -0.376 e. The molecule has 1 saturated heterocycles. The summed E-state index contributed by atoms with van der Waals surface area (Å²) >= 11 is 0. The summed E-state index contributed by atoms with van der Waals surface area (Å²) < 4.78 is 7.28. The van der Waals surface area contributed by atoms with Gasteiger partial charge < -0.3 is 9.64 Å². The fourth-order valence-electron chi connectivity index (χ4n) is 3.97. The Morgan fingerprint density at radius 1 is 1.18 bits per heavy atom. The normalized spacial score (nSPS) is 18.2. The van der Waals surface area contributed by atoms with Gasteiger partial charge in [0, 0.05) is 43.1 Å². The van der Waals surface area contributed by atoms with E-state index in [1.165, 1.54) is 0 Å². The average Bonchev–Trinajstić information content (AvgIpc) is 2.69. The van der Waals surface area contributed by atoms with E-state index in [-0.39, 0.29) is 11.0 Å². The Labute approximate surface area is 165 Å². The van der Waals surface area contributed by atoms with Crippen molar-refractivity contribution in [2.75, 3.05) is 24.6 Å². The van der Waals surface area contributed by atoms with Gasteiger partial charge in [-0.1, -0.05) is 20.8 Å². The van der Waals surface area contributed by atoms with Crippen LogP contribution in [-0.4, -0.2) is 39.4 Å². The number of fused-ring (bicyclic) bond motifs is 1. The van der Waals surface area contributed by atoms with Crippen LogP contribution in [0.2, 0.25) is 0 Å². The maximum atomic E-state index is 12.3. The Kier molecular flexibility index (Phi) is 5.19. The van der Waals surface area contributed by atoms with Crippen LogP contribution in [0.4, 0.5) is 5.82 Å². The van der Waals surface area contributed by atoms with Gasteiger partial charge in [0.2, 0.25) is 0 Å². The molecule has 0 radical (unpaired) electrons. The van der Waals surface area contributed by atoms with Gasteiger partial charge in [0.25, 0.3) is 5.56 Å². The smallest absolute Gasteiger partial charge is 0.266 e. The fraction of sp³-hybridized carbons (Fsp3) is 0.619. The van der Waals surface area contributed by atoms with Crippen LogP contribution in [0, 0.1) is 5.92 Å². The first-order valence-corrected chi connectivity index (χ1v) is 10.2. The van der Waals surface area contributed by atoms with Crippen LogP contribution in [-0.2, 0) is 29.7 Å². The lowest BCUT2D eigenvalue weighted by Crippen LogP contribution is -2.38. The highest BCUT2D eigenvalue weighted by atomic mass is 16.5. The zero-order valence-electron chi connectivity index (χ0n) is 17.0. The van der Waals surface area contributed by atoms with Gasteiger partial charge in [-0.05, 0) is 24.8 Å². The Morgan fingerprint density at radius 3 is 2.71 bits per heavy atom. The first-order valence-electron chi connectivity index (χ1n) is 10.2. The van der Waals surface area contributed by atoms with E-state index < -0.39 is 0 Å². The summed E-state index contributed by atoms with van der Waals surface area (Å²) in [5.74, 6) is 1.47. The monoisotopic (exact) mass is 383 g/mol. The van der Waals surface area contributed by atoms with E-state index >= 15 is 0 Å². The number of hydrogen-bond acceptors (Lipinski definition) is 6. The van der Waals surface area contributed by atoms with Crippen molar-refractivity contribution >= 4 is 5.82 Å². The molecule has 0 aromatic carbocycles. The van der Waals surface area contributed by atoms with E-state index in [0.29, 0.717) is 19.1 Å². The predicted octanol–water partition coefficient (Wildman–Crippen LogP) is 2.32. The molecular weight excluding hydrogens is 354 g/mol. The second kappa shape index (κ2) is 7.62. The Balaban J connectivity index is 1.44. The predicted molar refractivity (Wildman–Crippen MR) is 108 cm³/mol. The van der Waals surface area contributed by atoms with E-state index in [1.807, 2.05) is 6.07 Å². The van der Waals surface area contributed by atoms with Crippen molar-refractivity contribution in [3.63, 3.8) is 0 Å². The van der Waals surface area contributed by atoms with E-state index in [2.05, 4.69) is 40.7 Å². The molecule has 0 aliphatic carbocycles. The van der Waals surface area contributed by atoms with Gasteiger partial charge in [-0.25, -0.2) is 14.6 Å². The molecule has 0 saturated carbocycles. The molecule has 0 unspecified atom stereocenters. The van der Waals surface area contributed by atoms with Gasteiger partial charge in [0.15, 0.2) is 0 Å². The molecule has 0 spiro atoms. The van der Waals surface area contributed by atoms with E-state index in [9.17, 15) is 4.79 Å². The Bertz CT molecular complexity index is 894. The fourth-order valence-corrected chi connectivity index (χ4v) is 3.97. The molecule has 150 valence electrons. The van der Waals surface area contributed by atoms with E-state index in [4.69, 9.17) is 4.74 Å². The third kappa shape index (κ3) is 3.94. The summed E-state index contributed by atoms with van der Waals surface area (Å²) in [5.41, 5.74) is 3.14. The summed E-state index contributed by atoms with van der Waals surface area (Å²) in [6.07, 6.45) is 4.58. The zero-order chi connectivity index (χ0) is 19.7. The van der Waals surface area contributed by atoms with Gasteiger partial charge in [-0.2, -0.15) is 5.10 Å². The number of piperidine rings is 1. The van der Waals surface area contributed by atoms with Crippen molar-refractivity contribution in [2.24, 2.45) is 5.92 Å². The molecule has 1 fully saturated rings. The molecule has 0 bridgehead atoms. The maximum absolute atomic E-state index is 12.3. The summed E-state index contributed by atoms with van der Waals surface area (Å²) in [7, 11) is 0. The molecule has 2 aliphatic rings. The molecule has 2 aliphatic heterocycles. The molecule has 7 heteroatoms. The van der Waals surface area contributed by atoms with Crippen molar-refractivity contribution < 1.29 is 4.74 Å². The largest absolute Gasteiger partial charge is 0.376 e. The Morgan fingerprint density at radius 2 is 1.96 bits per heavy atom. The molecule has 0 atom stereocenters. The van der Waals surface area contributed by atoms with Gasteiger partial charge in [0.05, 0.1) is 24.6 Å². The molecule has 2 aromatic rings. The molecule has 0 amide bonds. The van der Waals surface area contributed by atoms with Crippen LogP contribution in [0.5, 0.6) is 0 Å². The van der Waals surface area contributed by atoms with Gasteiger partial charge in [0.1, 0.15) is 12.1 Å². The zero-order valence-corrected chi connectivity index (χ0v) is 17.0. The molecule has 28 heavy (non-hydrogen) atoms. The average molecular weight is 383 g/mol. The lowest BCUT2D eigenvalue weighted by Gasteiger charge is -2.34. The number of hydrogen-bond donors (Lipinski definition) is 0. The number of anilines is 1. The van der Waals surface area contributed by atoms with Crippen molar-refractivity contribution in [3.8, 4) is 0 Å². The highest BCUT2D eigenvalue weighted by Crippen LogP contribution is 2.28. The topological polar surface area (TPSA) is 73.1 Å². The SMILES string of the molecule is CC(C)(C)c1ccc(=O)n(CC2CCN(c3ncnc4c3COCC4)CC2)n1. The van der Waals surface area contributed by atoms with E-state index in [0.717, 1.165) is 61.7 Å². The molecule has 4 heterocycles. The maximum Gasteiger partial charge on any atom is 0.266 e. The quantitative estimate of drug-likeness (QED) is 0.810. The number of aromatic nitrogens is 4. The summed E-state index contributed by atoms with van der Waals surface area (Å²) in [4.78, 5) is 23.6. The molecule has 0 N–H and O–H groups in total. The number of nitrogens with zero attached hydrogens (tertiary/aromatic N) is 5. The summed E-state index contributed by atoms with van der Waals surface area (Å²) in [5, 5.41) is 4.63. The van der Waals surface area contributed by atoms with Crippen molar-refractivity contribution in [1.82, 2.24) is 19.7 Å². The van der Waals surface area contributed by atoms with Crippen molar-refractivity contribution in [2.45, 2.75) is 58.6 Å². The molecule has 7 nitrogen and oxygen atoms in total. The summed E-state index contributed by atoms with van der Waals surface area (Å²) in [6, 6.07) is 3.50.